The molecule has 2 heterocycles. The first kappa shape index (κ1) is 21.3. The number of likely N-dealkylation sites (tertiary alicyclic amines) is 1. The van der Waals surface area contributed by atoms with E-state index in [9.17, 15) is 14.7 Å². The standard InChI is InChI=1S/C22H31N3O4/c1-3-22(15-26)8-10-25(11-9-22)14-20(27)24-19(21(28)29-2)12-16-13-23-18-7-5-4-6-17(16)18/h4-7,13,19,23,26H,3,8-12,14-15H2,1-2H3,(H,24,27). The maximum absolute atomic E-state index is 12.6. The van der Waals surface area contributed by atoms with Crippen LogP contribution in [-0.4, -0.2) is 66.3 Å². The fraction of sp³-hybridized carbons (Fsp3) is 0.545. The van der Waals surface area contributed by atoms with E-state index in [1.807, 2.05) is 30.5 Å². The Morgan fingerprint density at radius 1 is 1.31 bits per heavy atom. The fourth-order valence-corrected chi connectivity index (χ4v) is 4.11. The van der Waals surface area contributed by atoms with E-state index >= 15 is 0 Å². The number of carbonyl (C=O) groups is 2. The molecule has 0 bridgehead atoms. The van der Waals surface area contributed by atoms with Crippen molar-refractivity contribution < 1.29 is 19.4 Å². The van der Waals surface area contributed by atoms with Gasteiger partial charge in [0.05, 0.1) is 13.7 Å². The van der Waals surface area contributed by atoms with E-state index < -0.39 is 12.0 Å². The third kappa shape index (κ3) is 4.97. The monoisotopic (exact) mass is 401 g/mol. The van der Waals surface area contributed by atoms with Crippen LogP contribution < -0.4 is 5.32 Å². The first-order chi connectivity index (χ1) is 14.0. The highest BCUT2D eigenvalue weighted by atomic mass is 16.5. The molecule has 1 aromatic carbocycles. The summed E-state index contributed by atoms with van der Waals surface area (Å²) in [5.74, 6) is -0.638. The zero-order valence-corrected chi connectivity index (χ0v) is 17.2. The molecule has 1 aromatic heterocycles. The molecular formula is C22H31N3O4. The van der Waals surface area contributed by atoms with Gasteiger partial charge in [-0.2, -0.15) is 0 Å². The van der Waals surface area contributed by atoms with Gasteiger partial charge in [-0.3, -0.25) is 9.69 Å². The molecule has 158 valence electrons. The normalized spacial score (nSPS) is 17.8. The topological polar surface area (TPSA) is 94.7 Å². The van der Waals surface area contributed by atoms with Crippen LogP contribution in [0.15, 0.2) is 30.5 Å². The Morgan fingerprint density at radius 2 is 2.03 bits per heavy atom. The van der Waals surface area contributed by atoms with E-state index in [-0.39, 0.29) is 24.5 Å². The van der Waals surface area contributed by atoms with Crippen LogP contribution in [0.2, 0.25) is 0 Å². The molecule has 1 amide bonds. The summed E-state index contributed by atoms with van der Waals surface area (Å²) < 4.78 is 4.92. The quantitative estimate of drug-likeness (QED) is 0.587. The summed E-state index contributed by atoms with van der Waals surface area (Å²) in [6.45, 7) is 4.08. The lowest BCUT2D eigenvalue weighted by atomic mass is 9.77. The predicted molar refractivity (Wildman–Crippen MR) is 111 cm³/mol. The van der Waals surface area contributed by atoms with Crippen LogP contribution >= 0.6 is 0 Å². The third-order valence-corrected chi connectivity index (χ3v) is 6.29. The molecule has 1 unspecified atom stereocenters. The zero-order chi connectivity index (χ0) is 20.9. The van der Waals surface area contributed by atoms with Crippen molar-refractivity contribution >= 4 is 22.8 Å². The number of piperidine rings is 1. The van der Waals surface area contributed by atoms with Crippen molar-refractivity contribution in [1.82, 2.24) is 15.2 Å². The van der Waals surface area contributed by atoms with Gasteiger partial charge in [-0.05, 0) is 49.4 Å². The minimum absolute atomic E-state index is 0.0170. The van der Waals surface area contributed by atoms with Crippen LogP contribution in [0.5, 0.6) is 0 Å². The molecule has 0 saturated carbocycles. The fourth-order valence-electron chi connectivity index (χ4n) is 4.11. The first-order valence-electron chi connectivity index (χ1n) is 10.3. The number of H-pyrrole nitrogens is 1. The molecule has 0 aliphatic carbocycles. The number of nitrogens with one attached hydrogen (secondary N) is 2. The number of ether oxygens (including phenoxy) is 1. The van der Waals surface area contributed by atoms with Gasteiger partial charge in [0.2, 0.25) is 5.91 Å². The van der Waals surface area contributed by atoms with Gasteiger partial charge in [-0.1, -0.05) is 25.1 Å². The Morgan fingerprint density at radius 3 is 2.69 bits per heavy atom. The molecule has 1 aliphatic rings. The molecule has 7 heteroatoms. The average Bonchev–Trinajstić information content (AvgIpc) is 3.16. The van der Waals surface area contributed by atoms with Crippen molar-refractivity contribution in [2.45, 2.75) is 38.6 Å². The maximum Gasteiger partial charge on any atom is 0.328 e. The van der Waals surface area contributed by atoms with Crippen LogP contribution in [0.25, 0.3) is 10.9 Å². The summed E-state index contributed by atoms with van der Waals surface area (Å²) in [6.07, 6.45) is 4.94. The van der Waals surface area contributed by atoms with Crippen molar-refractivity contribution in [3.05, 3.63) is 36.0 Å². The Hall–Kier alpha value is -2.38. The average molecular weight is 402 g/mol. The largest absolute Gasteiger partial charge is 0.467 e. The van der Waals surface area contributed by atoms with Crippen LogP contribution in [0, 0.1) is 5.41 Å². The van der Waals surface area contributed by atoms with E-state index in [0.717, 1.165) is 48.8 Å². The van der Waals surface area contributed by atoms with Crippen LogP contribution in [0.3, 0.4) is 0 Å². The summed E-state index contributed by atoms with van der Waals surface area (Å²) >= 11 is 0. The minimum Gasteiger partial charge on any atom is -0.467 e. The van der Waals surface area contributed by atoms with Crippen LogP contribution in [0.1, 0.15) is 31.7 Å². The van der Waals surface area contributed by atoms with Crippen molar-refractivity contribution in [2.24, 2.45) is 5.41 Å². The third-order valence-electron chi connectivity index (χ3n) is 6.29. The number of fused-ring (bicyclic) bond motifs is 1. The lowest BCUT2D eigenvalue weighted by molar-refractivity contribution is -0.145. The van der Waals surface area contributed by atoms with Crippen molar-refractivity contribution in [2.75, 3.05) is 33.4 Å². The molecule has 1 saturated heterocycles. The highest BCUT2D eigenvalue weighted by Crippen LogP contribution is 2.34. The summed E-state index contributed by atoms with van der Waals surface area (Å²) in [6, 6.07) is 7.13. The Kier molecular flexibility index (Phi) is 6.92. The van der Waals surface area contributed by atoms with E-state index in [1.165, 1.54) is 7.11 Å². The summed E-state index contributed by atoms with van der Waals surface area (Å²) in [5, 5.41) is 13.5. The highest BCUT2D eigenvalue weighted by Gasteiger charge is 2.33. The summed E-state index contributed by atoms with van der Waals surface area (Å²) in [4.78, 5) is 30.2. The lowest BCUT2D eigenvalue weighted by Crippen LogP contribution is -2.49. The van der Waals surface area contributed by atoms with Crippen LogP contribution in [0.4, 0.5) is 0 Å². The predicted octanol–water partition coefficient (Wildman–Crippen LogP) is 1.85. The van der Waals surface area contributed by atoms with Crippen molar-refractivity contribution in [3.8, 4) is 0 Å². The van der Waals surface area contributed by atoms with Crippen molar-refractivity contribution in [3.63, 3.8) is 0 Å². The Balaban J connectivity index is 1.60. The number of carbonyl (C=O) groups excluding carboxylic acids is 2. The number of para-hydroxylation sites is 1. The second kappa shape index (κ2) is 9.41. The molecule has 0 radical (unpaired) electrons. The number of hydrogen-bond donors (Lipinski definition) is 3. The van der Waals surface area contributed by atoms with Gasteiger partial charge >= 0.3 is 5.97 Å². The van der Waals surface area contributed by atoms with E-state index in [0.29, 0.717) is 6.42 Å². The van der Waals surface area contributed by atoms with Gasteiger partial charge in [0.1, 0.15) is 6.04 Å². The summed E-state index contributed by atoms with van der Waals surface area (Å²) in [5.41, 5.74) is 1.94. The second-order valence-corrected chi connectivity index (χ2v) is 7.99. The van der Waals surface area contributed by atoms with Crippen LogP contribution in [-0.2, 0) is 20.7 Å². The van der Waals surface area contributed by atoms with E-state index in [2.05, 4.69) is 22.1 Å². The van der Waals surface area contributed by atoms with Gasteiger partial charge < -0.3 is 20.1 Å². The second-order valence-electron chi connectivity index (χ2n) is 7.99. The SMILES string of the molecule is CCC1(CO)CCN(CC(=O)NC(Cc2c[nH]c3ccccc23)C(=O)OC)CC1. The number of rotatable bonds is 8. The molecule has 1 aliphatic heterocycles. The maximum atomic E-state index is 12.6. The first-order valence-corrected chi connectivity index (χ1v) is 10.3. The van der Waals surface area contributed by atoms with Gasteiger partial charge in [-0.15, -0.1) is 0 Å². The minimum atomic E-state index is -0.733. The number of hydrogen-bond acceptors (Lipinski definition) is 5. The highest BCUT2D eigenvalue weighted by molar-refractivity contribution is 5.87. The molecule has 3 N–H and O–H groups in total. The molecule has 7 nitrogen and oxygen atoms in total. The smallest absolute Gasteiger partial charge is 0.328 e. The van der Waals surface area contributed by atoms with Gasteiger partial charge in [0.15, 0.2) is 0 Å². The number of benzene rings is 1. The molecular weight excluding hydrogens is 370 g/mol. The lowest BCUT2D eigenvalue weighted by Gasteiger charge is -2.40. The molecule has 2 aromatic rings. The summed E-state index contributed by atoms with van der Waals surface area (Å²) in [7, 11) is 1.33. The molecule has 3 rings (SSSR count). The van der Waals surface area contributed by atoms with Crippen molar-refractivity contribution in [1.29, 1.82) is 0 Å². The Labute approximate surface area is 171 Å². The number of aliphatic hydroxyl groups is 1. The van der Waals surface area contributed by atoms with Gasteiger partial charge in [0, 0.05) is 30.1 Å². The number of nitrogens with zero attached hydrogens (tertiary/aromatic N) is 1. The number of aromatic amines is 1. The molecule has 29 heavy (non-hydrogen) atoms. The number of esters is 1. The number of aliphatic hydroxyl groups excluding tert-OH is 1. The van der Waals surface area contributed by atoms with Gasteiger partial charge in [-0.25, -0.2) is 4.79 Å². The number of methoxy groups -OCH3 is 1. The molecule has 1 fully saturated rings. The number of aromatic nitrogens is 1. The van der Waals surface area contributed by atoms with E-state index in [4.69, 9.17) is 4.74 Å². The molecule has 1 atom stereocenters. The van der Waals surface area contributed by atoms with Gasteiger partial charge in [0.25, 0.3) is 0 Å². The number of amides is 1. The molecule has 0 spiro atoms. The Bertz CT molecular complexity index is 833. The zero-order valence-electron chi connectivity index (χ0n) is 17.2. The van der Waals surface area contributed by atoms with E-state index in [1.54, 1.807) is 0 Å².